The predicted molar refractivity (Wildman–Crippen MR) is 59.8 cm³/mol. The number of carboxylic acids is 1. The number of carboxylic acid groups (broad SMARTS) is 1. The highest BCUT2D eigenvalue weighted by atomic mass is 16.5. The minimum absolute atomic E-state index is 0.105. The molecule has 0 saturated heterocycles. The molecule has 0 fully saturated rings. The van der Waals surface area contributed by atoms with Crippen molar-refractivity contribution in [2.75, 3.05) is 7.11 Å². The summed E-state index contributed by atoms with van der Waals surface area (Å²) in [5, 5.41) is 12.5. The number of fused-ring (bicyclic) bond motifs is 3. The van der Waals surface area contributed by atoms with E-state index in [-0.39, 0.29) is 12.3 Å². The summed E-state index contributed by atoms with van der Waals surface area (Å²) in [6, 6.07) is 5.23. The van der Waals surface area contributed by atoms with Gasteiger partial charge in [0.05, 0.1) is 18.2 Å². The van der Waals surface area contributed by atoms with Crippen molar-refractivity contribution in [2.45, 2.75) is 6.61 Å². The molecule has 3 rings (SSSR count). The third-order valence-electron chi connectivity index (χ3n) is 2.80. The van der Waals surface area contributed by atoms with E-state index in [1.165, 1.54) is 0 Å². The van der Waals surface area contributed by atoms with E-state index in [9.17, 15) is 4.79 Å². The molecular formula is C12H9NO5. The number of methoxy groups -OCH3 is 1. The third kappa shape index (κ3) is 1.42. The molecule has 0 aliphatic carbocycles. The van der Waals surface area contributed by atoms with Crippen LogP contribution in [0.5, 0.6) is 11.5 Å². The van der Waals surface area contributed by atoms with Gasteiger partial charge in [-0.2, -0.15) is 0 Å². The lowest BCUT2D eigenvalue weighted by Gasteiger charge is -2.16. The van der Waals surface area contributed by atoms with E-state index >= 15 is 0 Å². The number of carbonyl (C=O) groups is 1. The summed E-state index contributed by atoms with van der Waals surface area (Å²) < 4.78 is 15.7. The van der Waals surface area contributed by atoms with E-state index in [4.69, 9.17) is 19.1 Å². The smallest absolute Gasteiger partial charge is 0.358 e. The van der Waals surface area contributed by atoms with E-state index in [0.717, 1.165) is 0 Å². The molecule has 6 heteroatoms. The van der Waals surface area contributed by atoms with Crippen LogP contribution in [0.1, 0.15) is 16.1 Å². The normalized spacial score (nSPS) is 12.3. The molecule has 0 saturated carbocycles. The second-order valence-electron chi connectivity index (χ2n) is 3.79. The minimum atomic E-state index is -1.12. The third-order valence-corrected chi connectivity index (χ3v) is 2.80. The number of aromatic carboxylic acids is 1. The van der Waals surface area contributed by atoms with Gasteiger partial charge < -0.3 is 19.1 Å². The van der Waals surface area contributed by atoms with E-state index in [1.54, 1.807) is 25.3 Å². The Kier molecular flexibility index (Phi) is 2.22. The molecule has 0 radical (unpaired) electrons. The lowest BCUT2D eigenvalue weighted by Crippen LogP contribution is -2.09. The monoisotopic (exact) mass is 247 g/mol. The average molecular weight is 247 g/mol. The molecule has 1 aliphatic heterocycles. The molecule has 2 heterocycles. The first-order chi connectivity index (χ1) is 8.70. The van der Waals surface area contributed by atoms with Crippen LogP contribution in [0.4, 0.5) is 0 Å². The summed E-state index contributed by atoms with van der Waals surface area (Å²) in [6.07, 6.45) is 0. The quantitative estimate of drug-likeness (QED) is 0.873. The maximum absolute atomic E-state index is 10.9. The zero-order valence-corrected chi connectivity index (χ0v) is 9.47. The SMILES string of the molecule is COc1ccc2c(c1)OCc1c(C(=O)O)noc1-2. The zero-order valence-electron chi connectivity index (χ0n) is 9.47. The highest BCUT2D eigenvalue weighted by Gasteiger charge is 2.28. The molecule has 1 aliphatic rings. The summed E-state index contributed by atoms with van der Waals surface area (Å²) >= 11 is 0. The Labute approximate surface area is 102 Å². The van der Waals surface area contributed by atoms with Crippen LogP contribution < -0.4 is 9.47 Å². The maximum atomic E-state index is 10.9. The molecule has 0 atom stereocenters. The Morgan fingerprint density at radius 1 is 1.50 bits per heavy atom. The fourth-order valence-electron chi connectivity index (χ4n) is 1.91. The second kappa shape index (κ2) is 3.76. The lowest BCUT2D eigenvalue weighted by atomic mass is 10.0. The van der Waals surface area contributed by atoms with Crippen molar-refractivity contribution in [1.29, 1.82) is 0 Å². The summed E-state index contributed by atoms with van der Waals surface area (Å²) in [5.41, 5.74) is 1.03. The fraction of sp³-hybridized carbons (Fsp3) is 0.167. The van der Waals surface area contributed by atoms with Crippen LogP contribution in [-0.2, 0) is 6.61 Å². The first-order valence-corrected chi connectivity index (χ1v) is 5.23. The Balaban J connectivity index is 2.15. The van der Waals surface area contributed by atoms with Crippen LogP contribution in [0.25, 0.3) is 11.3 Å². The van der Waals surface area contributed by atoms with E-state index in [0.29, 0.717) is 28.4 Å². The topological polar surface area (TPSA) is 81.8 Å². The van der Waals surface area contributed by atoms with Gasteiger partial charge in [0.25, 0.3) is 0 Å². The highest BCUT2D eigenvalue weighted by Crippen LogP contribution is 2.40. The molecule has 18 heavy (non-hydrogen) atoms. The van der Waals surface area contributed by atoms with Crippen molar-refractivity contribution in [1.82, 2.24) is 5.16 Å². The van der Waals surface area contributed by atoms with Gasteiger partial charge in [-0.15, -0.1) is 0 Å². The Morgan fingerprint density at radius 2 is 2.33 bits per heavy atom. The molecule has 1 N–H and O–H groups in total. The fourth-order valence-corrected chi connectivity index (χ4v) is 1.91. The summed E-state index contributed by atoms with van der Waals surface area (Å²) in [7, 11) is 1.56. The molecule has 1 aromatic carbocycles. The van der Waals surface area contributed by atoms with E-state index < -0.39 is 5.97 Å². The van der Waals surface area contributed by atoms with Crippen LogP contribution >= 0.6 is 0 Å². The number of hydrogen-bond donors (Lipinski definition) is 1. The van der Waals surface area contributed by atoms with Gasteiger partial charge >= 0.3 is 5.97 Å². The summed E-state index contributed by atoms with van der Waals surface area (Å²) in [6.45, 7) is 0.126. The van der Waals surface area contributed by atoms with Gasteiger partial charge in [0.1, 0.15) is 18.1 Å². The summed E-state index contributed by atoms with van der Waals surface area (Å²) in [4.78, 5) is 10.9. The number of aromatic nitrogens is 1. The molecule has 0 unspecified atom stereocenters. The number of rotatable bonds is 2. The van der Waals surface area contributed by atoms with Crippen molar-refractivity contribution in [3.63, 3.8) is 0 Å². The van der Waals surface area contributed by atoms with Crippen LogP contribution in [-0.4, -0.2) is 23.3 Å². The Hall–Kier alpha value is -2.50. The largest absolute Gasteiger partial charge is 0.497 e. The Morgan fingerprint density at radius 3 is 3.06 bits per heavy atom. The van der Waals surface area contributed by atoms with Crippen molar-refractivity contribution in [3.8, 4) is 22.8 Å². The number of benzene rings is 1. The first kappa shape index (κ1) is 10.6. The molecule has 0 amide bonds. The van der Waals surface area contributed by atoms with Crippen molar-refractivity contribution >= 4 is 5.97 Å². The first-order valence-electron chi connectivity index (χ1n) is 5.23. The standard InChI is InChI=1S/C12H9NO5/c1-16-6-2-3-7-9(4-6)17-5-8-10(12(14)15)13-18-11(7)8/h2-4H,5H2,1H3,(H,14,15). The van der Waals surface area contributed by atoms with Gasteiger partial charge in [-0.3, -0.25) is 0 Å². The van der Waals surface area contributed by atoms with Gasteiger partial charge in [-0.25, -0.2) is 4.79 Å². The molecule has 6 nitrogen and oxygen atoms in total. The molecule has 92 valence electrons. The number of ether oxygens (including phenoxy) is 2. The summed E-state index contributed by atoms with van der Waals surface area (Å²) in [5.74, 6) is 0.571. The average Bonchev–Trinajstić information content (AvgIpc) is 2.82. The van der Waals surface area contributed by atoms with Gasteiger partial charge in [0.15, 0.2) is 11.5 Å². The minimum Gasteiger partial charge on any atom is -0.497 e. The number of nitrogens with zero attached hydrogens (tertiary/aromatic N) is 1. The van der Waals surface area contributed by atoms with Gasteiger partial charge in [0.2, 0.25) is 0 Å². The molecule has 0 spiro atoms. The van der Waals surface area contributed by atoms with Gasteiger partial charge in [0, 0.05) is 6.07 Å². The van der Waals surface area contributed by atoms with Crippen LogP contribution in [0.3, 0.4) is 0 Å². The van der Waals surface area contributed by atoms with Gasteiger partial charge in [-0.1, -0.05) is 5.16 Å². The molecule has 1 aromatic heterocycles. The zero-order chi connectivity index (χ0) is 12.7. The molecule has 2 aromatic rings. The molecule has 0 bridgehead atoms. The number of hydrogen-bond acceptors (Lipinski definition) is 5. The van der Waals surface area contributed by atoms with Crippen molar-refractivity contribution in [2.24, 2.45) is 0 Å². The lowest BCUT2D eigenvalue weighted by molar-refractivity contribution is 0.0683. The highest BCUT2D eigenvalue weighted by molar-refractivity contribution is 5.90. The second-order valence-corrected chi connectivity index (χ2v) is 3.79. The van der Waals surface area contributed by atoms with Crippen molar-refractivity contribution in [3.05, 3.63) is 29.5 Å². The van der Waals surface area contributed by atoms with Crippen LogP contribution in [0.15, 0.2) is 22.7 Å². The Bertz CT molecular complexity index is 631. The predicted octanol–water partition coefficient (Wildman–Crippen LogP) is 1.94. The van der Waals surface area contributed by atoms with Crippen LogP contribution in [0, 0.1) is 0 Å². The van der Waals surface area contributed by atoms with E-state index in [2.05, 4.69) is 5.16 Å². The maximum Gasteiger partial charge on any atom is 0.358 e. The van der Waals surface area contributed by atoms with Crippen molar-refractivity contribution < 1.29 is 23.9 Å². The van der Waals surface area contributed by atoms with Gasteiger partial charge in [-0.05, 0) is 12.1 Å². The van der Waals surface area contributed by atoms with E-state index in [1.807, 2.05) is 0 Å². The van der Waals surface area contributed by atoms with Crippen LogP contribution in [0.2, 0.25) is 0 Å². The molecular weight excluding hydrogens is 238 g/mol.